The van der Waals surface area contributed by atoms with E-state index in [2.05, 4.69) is 19.9 Å². The topological polar surface area (TPSA) is 77.2 Å². The fourth-order valence-corrected chi connectivity index (χ4v) is 4.66. The van der Waals surface area contributed by atoms with Gasteiger partial charge in [0.2, 0.25) is 0 Å². The highest BCUT2D eigenvalue weighted by molar-refractivity contribution is 6.34. The number of hydrogen-bond acceptors (Lipinski definition) is 6. The summed E-state index contributed by atoms with van der Waals surface area (Å²) >= 11 is 6.60. The Kier molecular flexibility index (Phi) is 5.79. The highest BCUT2D eigenvalue weighted by atomic mass is 35.5. The number of hydrogen-bond donors (Lipinski definition) is 1. The largest absolute Gasteiger partial charge is 0.467 e. The van der Waals surface area contributed by atoms with Gasteiger partial charge in [0.1, 0.15) is 11.6 Å². The maximum Gasteiger partial charge on any atom is 0.418 e. The van der Waals surface area contributed by atoms with E-state index in [0.29, 0.717) is 22.3 Å². The third-order valence-corrected chi connectivity index (χ3v) is 6.04. The van der Waals surface area contributed by atoms with Gasteiger partial charge in [0.25, 0.3) is 0 Å². The van der Waals surface area contributed by atoms with Crippen molar-refractivity contribution in [3.63, 3.8) is 0 Å². The minimum atomic E-state index is -4.63. The van der Waals surface area contributed by atoms with Crippen LogP contribution in [0.25, 0.3) is 22.2 Å². The minimum absolute atomic E-state index is 0.0182. The molecule has 170 valence electrons. The predicted molar refractivity (Wildman–Crippen MR) is 119 cm³/mol. The van der Waals surface area contributed by atoms with Crippen LogP contribution >= 0.6 is 11.6 Å². The number of anilines is 2. The first-order chi connectivity index (χ1) is 15.1. The lowest BCUT2D eigenvalue weighted by molar-refractivity contribution is -0.137. The van der Waals surface area contributed by atoms with Gasteiger partial charge in [-0.25, -0.2) is 4.98 Å². The third kappa shape index (κ3) is 3.90. The molecule has 0 unspecified atom stereocenters. The fraction of sp³-hybridized carbons (Fsp3) is 0.409. The summed E-state index contributed by atoms with van der Waals surface area (Å²) in [7, 11) is 1.46. The number of ether oxygens (including phenoxy) is 1. The zero-order valence-corrected chi connectivity index (χ0v) is 18.7. The normalized spacial score (nSPS) is 14.8. The van der Waals surface area contributed by atoms with Gasteiger partial charge in [-0.2, -0.15) is 23.1 Å². The highest BCUT2D eigenvalue weighted by Gasteiger charge is 2.38. The van der Waals surface area contributed by atoms with Crippen LogP contribution in [-0.2, 0) is 6.18 Å². The number of nitrogen functional groups attached to an aromatic ring is 1. The number of fused-ring (bicyclic) bond motifs is 1. The molecule has 3 heterocycles. The summed E-state index contributed by atoms with van der Waals surface area (Å²) in [6, 6.07) is 2.96. The van der Waals surface area contributed by atoms with E-state index in [-0.39, 0.29) is 33.7 Å². The lowest BCUT2D eigenvalue weighted by Crippen LogP contribution is -2.30. The van der Waals surface area contributed by atoms with E-state index in [9.17, 15) is 13.2 Å². The van der Waals surface area contributed by atoms with E-state index in [0.717, 1.165) is 32.4 Å². The van der Waals surface area contributed by atoms with Crippen molar-refractivity contribution in [3.8, 4) is 17.3 Å². The summed E-state index contributed by atoms with van der Waals surface area (Å²) in [5, 5.41) is 0.790. The molecule has 4 rings (SSSR count). The summed E-state index contributed by atoms with van der Waals surface area (Å²) in [6.07, 6.45) is -1.44. The number of aryl methyl sites for hydroxylation is 2. The Bertz CT molecular complexity index is 1190. The van der Waals surface area contributed by atoms with Crippen molar-refractivity contribution in [2.75, 3.05) is 30.8 Å². The van der Waals surface area contributed by atoms with Crippen LogP contribution < -0.4 is 15.4 Å². The van der Waals surface area contributed by atoms with Crippen LogP contribution in [0, 0.1) is 13.8 Å². The molecule has 2 aromatic heterocycles. The molecule has 0 saturated carbocycles. The molecule has 0 bridgehead atoms. The Labute approximate surface area is 188 Å². The molecular formula is C22H23ClF3N5O. The summed E-state index contributed by atoms with van der Waals surface area (Å²) in [5.41, 5.74) is 5.68. The van der Waals surface area contributed by atoms with Gasteiger partial charge in [-0.05, 0) is 56.4 Å². The van der Waals surface area contributed by atoms with Gasteiger partial charge in [-0.1, -0.05) is 11.6 Å². The van der Waals surface area contributed by atoms with Crippen LogP contribution in [0.1, 0.15) is 36.0 Å². The van der Waals surface area contributed by atoms with E-state index in [1.807, 2.05) is 0 Å². The lowest BCUT2D eigenvalue weighted by Gasteiger charge is -2.29. The summed E-state index contributed by atoms with van der Waals surface area (Å²) < 4.78 is 47.2. The van der Waals surface area contributed by atoms with Crippen molar-refractivity contribution in [2.24, 2.45) is 0 Å². The Morgan fingerprint density at radius 2 is 1.75 bits per heavy atom. The van der Waals surface area contributed by atoms with Crippen LogP contribution in [0.2, 0.25) is 5.02 Å². The van der Waals surface area contributed by atoms with E-state index in [1.165, 1.54) is 20.1 Å². The zero-order valence-electron chi connectivity index (χ0n) is 18.0. The summed E-state index contributed by atoms with van der Waals surface area (Å²) in [6.45, 7) is 4.67. The van der Waals surface area contributed by atoms with Gasteiger partial charge >= 0.3 is 12.2 Å². The fourth-order valence-electron chi connectivity index (χ4n) is 4.32. The maximum atomic E-state index is 14.0. The molecule has 0 atom stereocenters. The Hall–Kier alpha value is -2.81. The molecule has 0 radical (unpaired) electrons. The summed E-state index contributed by atoms with van der Waals surface area (Å²) in [4.78, 5) is 15.2. The average Bonchev–Trinajstić information content (AvgIpc) is 2.72. The first kappa shape index (κ1) is 22.4. The molecular weight excluding hydrogens is 443 g/mol. The number of halogens is 4. The number of aromatic nitrogens is 3. The maximum absolute atomic E-state index is 14.0. The molecule has 6 nitrogen and oxygen atoms in total. The number of pyridine rings is 1. The Morgan fingerprint density at radius 1 is 1.06 bits per heavy atom. The molecule has 2 N–H and O–H groups in total. The van der Waals surface area contributed by atoms with Crippen LogP contribution in [0.15, 0.2) is 12.1 Å². The van der Waals surface area contributed by atoms with Crippen molar-refractivity contribution >= 4 is 34.1 Å². The molecule has 1 aromatic carbocycles. The first-order valence-corrected chi connectivity index (χ1v) is 10.6. The molecule has 1 aliphatic heterocycles. The number of nitrogens with zero attached hydrogens (tertiary/aromatic N) is 4. The van der Waals surface area contributed by atoms with Crippen molar-refractivity contribution in [1.82, 2.24) is 15.0 Å². The van der Waals surface area contributed by atoms with Gasteiger partial charge in [0, 0.05) is 24.0 Å². The van der Waals surface area contributed by atoms with Gasteiger partial charge in [0.05, 0.1) is 28.9 Å². The van der Waals surface area contributed by atoms with E-state index >= 15 is 0 Å². The number of benzene rings is 1. The monoisotopic (exact) mass is 465 g/mol. The Morgan fingerprint density at radius 3 is 2.38 bits per heavy atom. The molecule has 32 heavy (non-hydrogen) atoms. The first-order valence-electron chi connectivity index (χ1n) is 10.3. The molecule has 1 aliphatic rings. The van der Waals surface area contributed by atoms with Crippen LogP contribution in [0.4, 0.5) is 24.8 Å². The molecule has 1 fully saturated rings. The molecule has 1 saturated heterocycles. The third-order valence-electron chi connectivity index (χ3n) is 5.74. The van der Waals surface area contributed by atoms with Gasteiger partial charge < -0.3 is 15.4 Å². The quantitative estimate of drug-likeness (QED) is 0.545. The smallest absolute Gasteiger partial charge is 0.418 e. The molecule has 10 heteroatoms. The van der Waals surface area contributed by atoms with E-state index in [1.54, 1.807) is 13.0 Å². The highest BCUT2D eigenvalue weighted by Crippen LogP contribution is 2.45. The second-order valence-electron chi connectivity index (χ2n) is 7.92. The molecule has 0 amide bonds. The molecule has 0 aliphatic carbocycles. The number of methoxy groups -OCH3 is 1. The van der Waals surface area contributed by atoms with Crippen molar-refractivity contribution in [2.45, 2.75) is 39.3 Å². The van der Waals surface area contributed by atoms with Gasteiger partial charge in [-0.3, -0.25) is 0 Å². The van der Waals surface area contributed by atoms with Crippen molar-refractivity contribution < 1.29 is 17.9 Å². The van der Waals surface area contributed by atoms with E-state index < -0.39 is 11.7 Å². The van der Waals surface area contributed by atoms with Crippen molar-refractivity contribution in [1.29, 1.82) is 0 Å². The second kappa shape index (κ2) is 8.27. The second-order valence-corrected chi connectivity index (χ2v) is 8.33. The average molecular weight is 466 g/mol. The van der Waals surface area contributed by atoms with E-state index in [4.69, 9.17) is 22.1 Å². The molecule has 0 spiro atoms. The standard InChI is InChI=1S/C22H23ClF3N5O/c1-11-9-15(27)28-19(17(11)22(24,25)26)16-12(2)18-13(10-14(16)23)20(30-21(29-18)32-3)31-7-5-4-6-8-31/h9-10H,4-8H2,1-3H3,(H2,27,28). The summed E-state index contributed by atoms with van der Waals surface area (Å²) in [5.74, 6) is 0.645. The SMILES string of the molecule is COc1nc(N2CCCCC2)c2cc(Cl)c(-c3nc(N)cc(C)c3C(F)(F)F)c(C)c2n1. The molecule has 3 aromatic rings. The minimum Gasteiger partial charge on any atom is -0.467 e. The number of alkyl halides is 3. The van der Waals surface area contributed by atoms with Crippen LogP contribution in [0.5, 0.6) is 6.01 Å². The predicted octanol–water partition coefficient (Wildman–Crippen LogP) is 5.56. The number of piperidine rings is 1. The lowest BCUT2D eigenvalue weighted by atomic mass is 9.95. The van der Waals surface area contributed by atoms with Crippen LogP contribution in [0.3, 0.4) is 0 Å². The Balaban J connectivity index is 2.04. The van der Waals surface area contributed by atoms with Crippen molar-refractivity contribution in [3.05, 3.63) is 33.8 Å². The van der Waals surface area contributed by atoms with Crippen LogP contribution in [-0.4, -0.2) is 35.2 Å². The van der Waals surface area contributed by atoms with Gasteiger partial charge in [-0.15, -0.1) is 0 Å². The number of rotatable bonds is 3. The zero-order chi connectivity index (χ0) is 23.2. The van der Waals surface area contributed by atoms with Gasteiger partial charge in [0.15, 0.2) is 0 Å². The number of nitrogens with two attached hydrogens (primary N) is 1.